The monoisotopic (exact) mass is 611 g/mol. The Labute approximate surface area is 253 Å². The van der Waals surface area contributed by atoms with E-state index in [0.29, 0.717) is 48.9 Å². The molecule has 0 unspecified atom stereocenters. The van der Waals surface area contributed by atoms with Crippen molar-refractivity contribution in [2.45, 2.75) is 78.0 Å². The zero-order chi connectivity index (χ0) is 30.6. The van der Waals surface area contributed by atoms with Gasteiger partial charge in [-0.2, -0.15) is 8.42 Å². The fraction of sp³-hybridized carbons (Fsp3) is 0.455. The maximum absolute atomic E-state index is 13.9. The second kappa shape index (κ2) is 10.9. The third kappa shape index (κ3) is 5.51. The summed E-state index contributed by atoms with van der Waals surface area (Å²) in [5.74, 6) is -0.618. The number of Topliss-reactive ketones (excluding diaryl/α,β-unsaturated/α-hetero) is 2. The van der Waals surface area contributed by atoms with E-state index >= 15 is 0 Å². The Morgan fingerprint density at radius 1 is 0.881 bits per heavy atom. The average molecular weight is 612 g/mol. The van der Waals surface area contributed by atoms with Crippen molar-refractivity contribution in [3.8, 4) is 11.5 Å². The maximum Gasteiger partial charge on any atom is 0.339 e. The van der Waals surface area contributed by atoms with E-state index in [4.69, 9.17) is 20.5 Å². The summed E-state index contributed by atoms with van der Waals surface area (Å²) in [7, 11) is -4.20. The van der Waals surface area contributed by atoms with Crippen molar-refractivity contribution in [3.05, 3.63) is 75.6 Å². The molecule has 0 spiro atoms. The topological polar surface area (TPSA) is 90.0 Å². The van der Waals surface area contributed by atoms with E-state index in [9.17, 15) is 18.0 Å². The first-order valence-corrected chi connectivity index (χ1v) is 16.2. The Hall–Kier alpha value is -3.10. The van der Waals surface area contributed by atoms with Gasteiger partial charge in [0.2, 0.25) is 5.75 Å². The fourth-order valence-corrected chi connectivity index (χ4v) is 7.89. The molecule has 0 aromatic heterocycles. The Morgan fingerprint density at radius 3 is 1.93 bits per heavy atom. The Kier molecular flexibility index (Phi) is 7.86. The van der Waals surface area contributed by atoms with E-state index in [-0.39, 0.29) is 50.4 Å². The summed E-state index contributed by atoms with van der Waals surface area (Å²) in [6, 6.07) is 11.1. The number of nitrogens with zero attached hydrogens (tertiary/aromatic N) is 1. The molecule has 0 radical (unpaired) electrons. The van der Waals surface area contributed by atoms with Crippen LogP contribution in [-0.4, -0.2) is 38.0 Å². The number of carbonyl (C=O) groups is 2. The van der Waals surface area contributed by atoms with Crippen LogP contribution in [-0.2, 0) is 19.7 Å². The van der Waals surface area contributed by atoms with Gasteiger partial charge in [0, 0.05) is 47.8 Å². The van der Waals surface area contributed by atoms with Gasteiger partial charge in [-0.3, -0.25) is 9.59 Å². The van der Waals surface area contributed by atoms with Crippen molar-refractivity contribution in [1.82, 2.24) is 4.90 Å². The molecule has 7 nitrogen and oxygen atoms in total. The Morgan fingerprint density at radius 2 is 1.43 bits per heavy atom. The van der Waals surface area contributed by atoms with Crippen LogP contribution >= 0.6 is 11.6 Å². The van der Waals surface area contributed by atoms with Crippen molar-refractivity contribution in [2.75, 3.05) is 13.2 Å². The lowest BCUT2D eigenvalue weighted by Crippen LogP contribution is -2.44. The van der Waals surface area contributed by atoms with Crippen LogP contribution in [0.15, 0.2) is 69.9 Å². The number of benzene rings is 2. The molecule has 2 aromatic carbocycles. The number of rotatable bonds is 7. The first-order valence-electron chi connectivity index (χ1n) is 14.4. The lowest BCUT2D eigenvalue weighted by Gasteiger charge is -2.49. The van der Waals surface area contributed by atoms with Gasteiger partial charge in [-0.25, -0.2) is 0 Å². The summed E-state index contributed by atoms with van der Waals surface area (Å²) in [5.41, 5.74) is 3.29. The molecule has 9 heteroatoms. The number of carbonyl (C=O) groups excluding carboxylic acids is 2. The third-order valence-corrected chi connectivity index (χ3v) is 9.74. The van der Waals surface area contributed by atoms with Crippen molar-refractivity contribution in [1.29, 1.82) is 0 Å². The molecule has 224 valence electrons. The zero-order valence-corrected chi connectivity index (χ0v) is 26.6. The predicted octanol–water partition coefficient (Wildman–Crippen LogP) is 7.21. The highest BCUT2D eigenvalue weighted by molar-refractivity contribution is 7.87. The SMILES string of the molecule is CCOc1cc(C2C3=C(CC(C)(C)CC3=O)N(CC)C3=C2C(=O)CC(C)(C)C3)cc(Cl)c1OS(=O)(=O)c1ccccc1. The molecule has 0 atom stereocenters. The number of halogens is 1. The van der Waals surface area contributed by atoms with Gasteiger partial charge in [-0.1, -0.05) is 57.5 Å². The molecular weight excluding hydrogens is 574 g/mol. The number of ether oxygens (including phenoxy) is 1. The highest BCUT2D eigenvalue weighted by atomic mass is 35.5. The summed E-state index contributed by atoms with van der Waals surface area (Å²) >= 11 is 6.77. The lowest BCUT2D eigenvalue weighted by atomic mass is 9.63. The van der Waals surface area contributed by atoms with E-state index in [0.717, 1.165) is 11.4 Å². The van der Waals surface area contributed by atoms with Crippen LogP contribution in [0.2, 0.25) is 5.02 Å². The van der Waals surface area contributed by atoms with Gasteiger partial charge >= 0.3 is 10.1 Å². The van der Waals surface area contributed by atoms with Crippen molar-refractivity contribution in [2.24, 2.45) is 10.8 Å². The van der Waals surface area contributed by atoms with E-state index in [2.05, 4.69) is 39.5 Å². The van der Waals surface area contributed by atoms with E-state index in [1.54, 1.807) is 37.3 Å². The van der Waals surface area contributed by atoms with Crippen molar-refractivity contribution >= 4 is 33.3 Å². The molecule has 0 fully saturated rings. The quantitative estimate of drug-likeness (QED) is 0.306. The molecule has 0 saturated heterocycles. The molecule has 2 aromatic rings. The van der Waals surface area contributed by atoms with Crippen LogP contribution in [0.5, 0.6) is 11.5 Å². The van der Waals surface area contributed by atoms with Gasteiger partial charge in [0.25, 0.3) is 0 Å². The first kappa shape index (κ1) is 30.4. The summed E-state index contributed by atoms with van der Waals surface area (Å²) in [5, 5.41) is 0.0184. The van der Waals surface area contributed by atoms with E-state index in [1.807, 2.05) is 0 Å². The summed E-state index contributed by atoms with van der Waals surface area (Å²) in [6.07, 6.45) is 2.13. The second-order valence-electron chi connectivity index (χ2n) is 12.9. The van der Waals surface area contributed by atoms with Crippen LogP contribution in [0.3, 0.4) is 0 Å². The number of ketones is 2. The molecule has 42 heavy (non-hydrogen) atoms. The minimum Gasteiger partial charge on any atom is -0.490 e. The fourth-order valence-electron chi connectivity index (χ4n) is 6.61. The Bertz CT molecular complexity index is 1570. The van der Waals surface area contributed by atoms with Gasteiger partial charge in [-0.15, -0.1) is 0 Å². The molecule has 2 aliphatic carbocycles. The minimum absolute atomic E-state index is 0.00921. The maximum atomic E-state index is 13.9. The molecule has 0 bridgehead atoms. The third-order valence-electron chi connectivity index (χ3n) is 8.23. The number of allylic oxidation sites excluding steroid dienone is 4. The van der Waals surface area contributed by atoms with Crippen LogP contribution in [0.25, 0.3) is 0 Å². The average Bonchev–Trinajstić information content (AvgIpc) is 2.88. The molecule has 5 rings (SSSR count). The zero-order valence-electron chi connectivity index (χ0n) is 25.0. The van der Waals surface area contributed by atoms with E-state index in [1.165, 1.54) is 12.1 Å². The highest BCUT2D eigenvalue weighted by Crippen LogP contribution is 2.55. The first-order chi connectivity index (χ1) is 19.7. The smallest absolute Gasteiger partial charge is 0.339 e. The van der Waals surface area contributed by atoms with Gasteiger partial charge in [-0.05, 0) is 67.3 Å². The molecule has 0 amide bonds. The van der Waals surface area contributed by atoms with Crippen LogP contribution in [0.1, 0.15) is 78.7 Å². The Balaban J connectivity index is 1.71. The molecular formula is C33H38ClNO6S. The lowest BCUT2D eigenvalue weighted by molar-refractivity contribution is -0.119. The largest absolute Gasteiger partial charge is 0.490 e. The molecule has 0 saturated carbocycles. The van der Waals surface area contributed by atoms with Crippen LogP contribution < -0.4 is 8.92 Å². The summed E-state index contributed by atoms with van der Waals surface area (Å²) < 4.78 is 37.6. The summed E-state index contributed by atoms with van der Waals surface area (Å²) in [4.78, 5) is 30.0. The normalized spacial score (nSPS) is 20.4. The van der Waals surface area contributed by atoms with Crippen LogP contribution in [0.4, 0.5) is 0 Å². The molecule has 1 heterocycles. The van der Waals surface area contributed by atoms with Gasteiger partial charge in [0.05, 0.1) is 11.6 Å². The van der Waals surface area contributed by atoms with Crippen molar-refractivity contribution in [3.63, 3.8) is 0 Å². The number of hydrogen-bond acceptors (Lipinski definition) is 7. The standard InChI is InChI=1S/C33H38ClNO6S/c1-7-35-23-16-32(3,4)18-25(36)29(23)28(30-24(35)17-33(5,6)19-26(30)37)20-14-22(34)31(27(15-20)40-8-2)41-42(38,39)21-12-10-9-11-13-21/h9-15,28H,7-8,16-19H2,1-6H3. The highest BCUT2D eigenvalue weighted by Gasteiger charge is 2.49. The molecule has 1 aliphatic heterocycles. The number of hydrogen-bond donors (Lipinski definition) is 0. The molecule has 3 aliphatic rings. The second-order valence-corrected chi connectivity index (χ2v) is 14.8. The van der Waals surface area contributed by atoms with E-state index < -0.39 is 16.0 Å². The van der Waals surface area contributed by atoms with Crippen molar-refractivity contribution < 1.29 is 26.9 Å². The summed E-state index contributed by atoms with van der Waals surface area (Å²) in [6.45, 7) is 13.1. The minimum atomic E-state index is -4.20. The van der Waals surface area contributed by atoms with Gasteiger partial charge < -0.3 is 13.8 Å². The predicted molar refractivity (Wildman–Crippen MR) is 162 cm³/mol. The molecule has 0 N–H and O–H groups in total. The van der Waals surface area contributed by atoms with Gasteiger partial charge in [0.15, 0.2) is 17.3 Å². The van der Waals surface area contributed by atoms with Crippen LogP contribution in [0, 0.1) is 10.8 Å². The van der Waals surface area contributed by atoms with Gasteiger partial charge in [0.1, 0.15) is 4.90 Å².